The first-order valence-corrected chi connectivity index (χ1v) is 7.07. The van der Waals surface area contributed by atoms with Crippen molar-refractivity contribution >= 4 is 23.9 Å². The third kappa shape index (κ3) is 5.67. The largest absolute Gasteiger partial charge is 0.480 e. The molecule has 1 aromatic rings. The Labute approximate surface area is 138 Å². The van der Waals surface area contributed by atoms with Gasteiger partial charge in [-0.3, -0.25) is 25.0 Å². The monoisotopic (exact) mass is 337 g/mol. The minimum absolute atomic E-state index is 0.00878. The Kier molecular flexibility index (Phi) is 5.99. The molecule has 0 aliphatic carbocycles. The number of carbonyl (C=O) groups is 3. The van der Waals surface area contributed by atoms with Gasteiger partial charge in [-0.1, -0.05) is 0 Å². The zero-order valence-electron chi connectivity index (χ0n) is 13.8. The molecule has 1 atom stereocenters. The van der Waals surface area contributed by atoms with Crippen molar-refractivity contribution in [2.24, 2.45) is 0 Å². The first-order chi connectivity index (χ1) is 11.0. The summed E-state index contributed by atoms with van der Waals surface area (Å²) >= 11 is 0. The van der Waals surface area contributed by atoms with Crippen LogP contribution in [0.25, 0.3) is 0 Å². The topological polar surface area (TPSA) is 128 Å². The molecule has 0 unspecified atom stereocenters. The number of ether oxygens (including phenoxy) is 1. The van der Waals surface area contributed by atoms with Crippen LogP contribution in [0.1, 0.15) is 38.1 Å². The van der Waals surface area contributed by atoms with Crippen molar-refractivity contribution in [3.63, 3.8) is 0 Å². The molecule has 0 fully saturated rings. The molecule has 0 spiro atoms. The molecular weight excluding hydrogens is 318 g/mol. The van der Waals surface area contributed by atoms with Crippen LogP contribution in [0.4, 0.5) is 10.5 Å². The number of nitrogens with one attached hydrogen (secondary N) is 2. The number of urea groups is 1. The predicted octanol–water partition coefficient (Wildman–Crippen LogP) is 1.80. The second-order valence-electron chi connectivity index (χ2n) is 6.05. The van der Waals surface area contributed by atoms with Crippen molar-refractivity contribution in [1.29, 1.82) is 0 Å². The van der Waals surface area contributed by atoms with Crippen LogP contribution >= 0.6 is 0 Å². The van der Waals surface area contributed by atoms with Crippen molar-refractivity contribution in [2.75, 3.05) is 0 Å². The fourth-order valence-electron chi connectivity index (χ4n) is 1.68. The van der Waals surface area contributed by atoms with Gasteiger partial charge in [-0.05, 0) is 33.8 Å². The Morgan fingerprint density at radius 3 is 2.46 bits per heavy atom. The highest BCUT2D eigenvalue weighted by molar-refractivity contribution is 5.96. The highest BCUT2D eigenvalue weighted by Gasteiger charge is 2.22. The molecule has 24 heavy (non-hydrogen) atoms. The zero-order chi connectivity index (χ0) is 18.5. The van der Waals surface area contributed by atoms with Gasteiger partial charge in [0, 0.05) is 17.7 Å². The number of rotatable bonds is 5. The van der Waals surface area contributed by atoms with Gasteiger partial charge >= 0.3 is 6.03 Å². The number of benzene rings is 1. The predicted molar refractivity (Wildman–Crippen MR) is 85.0 cm³/mol. The Morgan fingerprint density at radius 1 is 1.33 bits per heavy atom. The molecule has 130 valence electrons. The van der Waals surface area contributed by atoms with Gasteiger partial charge in [-0.2, -0.15) is 0 Å². The van der Waals surface area contributed by atoms with Crippen LogP contribution in [-0.2, 0) is 4.79 Å². The number of nitrogens with zero attached hydrogens (tertiary/aromatic N) is 1. The first kappa shape index (κ1) is 19.1. The van der Waals surface area contributed by atoms with Crippen LogP contribution < -0.4 is 15.4 Å². The van der Waals surface area contributed by atoms with Crippen molar-refractivity contribution in [1.82, 2.24) is 10.6 Å². The maximum Gasteiger partial charge on any atom is 0.321 e. The van der Waals surface area contributed by atoms with Crippen LogP contribution in [0.2, 0.25) is 0 Å². The van der Waals surface area contributed by atoms with E-state index < -0.39 is 28.5 Å². The SMILES string of the molecule is C[C@@H](Oc1ccc([N+](=O)[O-])cc1C=O)C(=O)NC(=O)NC(C)(C)C. The molecule has 0 aromatic heterocycles. The number of amides is 3. The van der Waals surface area contributed by atoms with Crippen LogP contribution in [0.15, 0.2) is 18.2 Å². The number of aldehydes is 1. The third-order valence-electron chi connectivity index (χ3n) is 2.73. The fraction of sp³-hybridized carbons (Fsp3) is 0.400. The molecule has 1 aromatic carbocycles. The molecule has 2 N–H and O–H groups in total. The van der Waals surface area contributed by atoms with E-state index in [0.29, 0.717) is 6.29 Å². The van der Waals surface area contributed by atoms with Crippen LogP contribution in [0.5, 0.6) is 5.75 Å². The number of non-ortho nitro benzene ring substituents is 1. The number of hydrogen-bond donors (Lipinski definition) is 2. The van der Waals surface area contributed by atoms with Gasteiger partial charge < -0.3 is 10.1 Å². The smallest absolute Gasteiger partial charge is 0.321 e. The number of carbonyl (C=O) groups excluding carboxylic acids is 3. The summed E-state index contributed by atoms with van der Waals surface area (Å²) < 4.78 is 5.32. The maximum atomic E-state index is 11.9. The van der Waals surface area contributed by atoms with Crippen molar-refractivity contribution in [3.8, 4) is 5.75 Å². The van der Waals surface area contributed by atoms with E-state index in [0.717, 1.165) is 12.1 Å². The summed E-state index contributed by atoms with van der Waals surface area (Å²) in [5, 5.41) is 15.4. The number of hydrogen-bond acceptors (Lipinski definition) is 6. The van der Waals surface area contributed by atoms with Crippen molar-refractivity contribution in [2.45, 2.75) is 39.3 Å². The molecule has 0 saturated carbocycles. The van der Waals surface area contributed by atoms with Gasteiger partial charge in [0.15, 0.2) is 12.4 Å². The highest BCUT2D eigenvalue weighted by atomic mass is 16.6. The van der Waals surface area contributed by atoms with E-state index >= 15 is 0 Å². The Morgan fingerprint density at radius 2 is 1.96 bits per heavy atom. The molecule has 0 aliphatic rings. The second-order valence-corrected chi connectivity index (χ2v) is 6.05. The number of imide groups is 1. The second kappa shape index (κ2) is 7.53. The van der Waals surface area contributed by atoms with E-state index in [-0.39, 0.29) is 17.0 Å². The standard InChI is InChI=1S/C15H19N3O6/c1-9(13(20)16-14(21)17-15(2,3)4)24-12-6-5-11(18(22)23)7-10(12)8-19/h5-9H,1-4H3,(H2,16,17,20,21)/t9-/m1/s1. The maximum absolute atomic E-state index is 11.9. The normalized spacial score (nSPS) is 12.0. The van der Waals surface area contributed by atoms with Crippen LogP contribution in [0, 0.1) is 10.1 Å². The summed E-state index contributed by atoms with van der Waals surface area (Å²) in [6, 6.07) is 2.74. The van der Waals surface area contributed by atoms with Gasteiger partial charge in [0.25, 0.3) is 11.6 Å². The molecule has 0 heterocycles. The Bertz CT molecular complexity index is 666. The van der Waals surface area contributed by atoms with E-state index in [1.54, 1.807) is 20.8 Å². The molecule has 0 radical (unpaired) electrons. The molecule has 9 heteroatoms. The summed E-state index contributed by atoms with van der Waals surface area (Å²) in [5.74, 6) is -0.707. The summed E-state index contributed by atoms with van der Waals surface area (Å²) in [7, 11) is 0. The van der Waals surface area contributed by atoms with E-state index in [4.69, 9.17) is 4.74 Å². The number of nitro groups is 1. The summed E-state index contributed by atoms with van der Waals surface area (Å²) in [6.45, 7) is 6.65. The molecular formula is C15H19N3O6. The van der Waals surface area contributed by atoms with Gasteiger partial charge in [-0.15, -0.1) is 0 Å². The first-order valence-electron chi connectivity index (χ1n) is 7.07. The highest BCUT2D eigenvalue weighted by Crippen LogP contribution is 2.23. The van der Waals surface area contributed by atoms with Crippen molar-refractivity contribution < 1.29 is 24.0 Å². The fourth-order valence-corrected chi connectivity index (χ4v) is 1.68. The van der Waals surface area contributed by atoms with E-state index in [9.17, 15) is 24.5 Å². The van der Waals surface area contributed by atoms with E-state index in [2.05, 4.69) is 10.6 Å². The van der Waals surface area contributed by atoms with E-state index in [1.807, 2.05) is 0 Å². The quantitative estimate of drug-likeness (QED) is 0.479. The average molecular weight is 337 g/mol. The van der Waals surface area contributed by atoms with Gasteiger partial charge in [0.05, 0.1) is 10.5 Å². The minimum atomic E-state index is -1.09. The molecule has 9 nitrogen and oxygen atoms in total. The summed E-state index contributed by atoms with van der Waals surface area (Å²) in [6.07, 6.45) is -0.699. The molecule has 0 bridgehead atoms. The Hall–Kier alpha value is -2.97. The Balaban J connectivity index is 2.78. The zero-order valence-corrected chi connectivity index (χ0v) is 13.8. The molecule has 1 rings (SSSR count). The van der Waals surface area contributed by atoms with Gasteiger partial charge in [-0.25, -0.2) is 4.79 Å². The van der Waals surface area contributed by atoms with E-state index in [1.165, 1.54) is 13.0 Å². The van der Waals surface area contributed by atoms with Crippen molar-refractivity contribution in [3.05, 3.63) is 33.9 Å². The van der Waals surface area contributed by atoms with Crippen LogP contribution in [0.3, 0.4) is 0 Å². The third-order valence-corrected chi connectivity index (χ3v) is 2.73. The lowest BCUT2D eigenvalue weighted by atomic mass is 10.1. The minimum Gasteiger partial charge on any atom is -0.480 e. The van der Waals surface area contributed by atoms with Crippen LogP contribution in [-0.4, -0.2) is 34.8 Å². The number of nitro benzene ring substituents is 1. The average Bonchev–Trinajstić information content (AvgIpc) is 2.45. The molecule has 0 saturated heterocycles. The molecule has 3 amide bonds. The lowest BCUT2D eigenvalue weighted by Gasteiger charge is -2.21. The lowest BCUT2D eigenvalue weighted by molar-refractivity contribution is -0.384. The summed E-state index contributed by atoms with van der Waals surface area (Å²) in [5.41, 5.74) is -0.855. The summed E-state index contributed by atoms with van der Waals surface area (Å²) in [4.78, 5) is 44.6. The van der Waals surface area contributed by atoms with Gasteiger partial charge in [0.2, 0.25) is 0 Å². The van der Waals surface area contributed by atoms with Gasteiger partial charge in [0.1, 0.15) is 5.75 Å². The lowest BCUT2D eigenvalue weighted by Crippen LogP contribution is -2.50. The molecule has 0 aliphatic heterocycles.